The Kier molecular flexibility index (Phi) is 5.40. The van der Waals surface area contributed by atoms with Crippen molar-refractivity contribution in [1.82, 2.24) is 0 Å². The first-order valence-electron chi connectivity index (χ1n) is 10.6. The van der Waals surface area contributed by atoms with Crippen LogP contribution in [0.4, 0.5) is 0 Å². The Morgan fingerprint density at radius 1 is 1.03 bits per heavy atom. The number of fused-ring (bicyclic) bond motifs is 3. The molecule has 34 heavy (non-hydrogen) atoms. The smallest absolute Gasteiger partial charge is 0.344 e. The molecule has 1 aliphatic rings. The molecule has 7 heteroatoms. The Morgan fingerprint density at radius 2 is 1.79 bits per heavy atom. The molecule has 3 aromatic carbocycles. The van der Waals surface area contributed by atoms with Crippen molar-refractivity contribution in [3.8, 4) is 23.3 Å². The van der Waals surface area contributed by atoms with Crippen molar-refractivity contribution >= 4 is 11.0 Å². The van der Waals surface area contributed by atoms with E-state index < -0.39 is 11.5 Å². The van der Waals surface area contributed by atoms with E-state index in [-0.39, 0.29) is 22.8 Å². The van der Waals surface area contributed by atoms with E-state index in [4.69, 9.17) is 24.4 Å². The van der Waals surface area contributed by atoms with E-state index in [2.05, 4.69) is 6.07 Å². The Labute approximate surface area is 195 Å². The van der Waals surface area contributed by atoms with Crippen molar-refractivity contribution in [1.29, 1.82) is 5.26 Å². The topological polar surface area (TPSA) is 108 Å². The van der Waals surface area contributed by atoms with Gasteiger partial charge >= 0.3 is 5.63 Å². The van der Waals surface area contributed by atoms with Crippen LogP contribution in [0.15, 0.2) is 93.5 Å². The molecule has 0 fully saturated rings. The predicted octanol–water partition coefficient (Wildman–Crippen LogP) is 4.60. The quantitative estimate of drug-likeness (QED) is 0.441. The minimum atomic E-state index is -0.785. The van der Waals surface area contributed by atoms with Gasteiger partial charge in [-0.15, -0.1) is 0 Å². The minimum Gasteiger partial charge on any atom is -0.493 e. The first-order valence-corrected chi connectivity index (χ1v) is 10.6. The number of nitrogens with two attached hydrogens (primary N) is 1. The van der Waals surface area contributed by atoms with Crippen molar-refractivity contribution in [2.75, 3.05) is 7.11 Å². The van der Waals surface area contributed by atoms with Crippen LogP contribution >= 0.6 is 0 Å². The Bertz CT molecular complexity index is 1520. The van der Waals surface area contributed by atoms with Crippen LogP contribution in [0.25, 0.3) is 11.0 Å². The molecule has 4 aromatic rings. The summed E-state index contributed by atoms with van der Waals surface area (Å²) in [7, 11) is 1.53. The van der Waals surface area contributed by atoms with Gasteiger partial charge in [-0.05, 0) is 35.4 Å². The number of ether oxygens (including phenoxy) is 3. The summed E-state index contributed by atoms with van der Waals surface area (Å²) in [6.07, 6.45) is 0. The summed E-state index contributed by atoms with van der Waals surface area (Å²) >= 11 is 0. The molecule has 5 rings (SSSR count). The lowest BCUT2D eigenvalue weighted by molar-refractivity contribution is 0.284. The average Bonchev–Trinajstić information content (AvgIpc) is 2.87. The number of benzene rings is 3. The van der Waals surface area contributed by atoms with Crippen LogP contribution in [0.5, 0.6) is 17.2 Å². The van der Waals surface area contributed by atoms with Gasteiger partial charge in [0.1, 0.15) is 23.8 Å². The van der Waals surface area contributed by atoms with E-state index in [1.54, 1.807) is 36.4 Å². The molecule has 7 nitrogen and oxygen atoms in total. The van der Waals surface area contributed by atoms with Crippen LogP contribution in [0.3, 0.4) is 0 Å². The third-order valence-corrected chi connectivity index (χ3v) is 5.73. The number of allylic oxidation sites excluding steroid dienone is 1. The summed E-state index contributed by atoms with van der Waals surface area (Å²) in [4.78, 5) is 13.0. The van der Waals surface area contributed by atoms with Crippen molar-refractivity contribution in [2.45, 2.75) is 12.5 Å². The average molecular weight is 452 g/mol. The van der Waals surface area contributed by atoms with Crippen LogP contribution < -0.4 is 25.6 Å². The molecule has 0 spiro atoms. The summed E-state index contributed by atoms with van der Waals surface area (Å²) in [6, 6.07) is 24.1. The third kappa shape index (κ3) is 3.61. The third-order valence-electron chi connectivity index (χ3n) is 5.73. The number of hydrogen-bond donors (Lipinski definition) is 1. The highest BCUT2D eigenvalue weighted by Crippen LogP contribution is 2.45. The molecular weight excluding hydrogens is 432 g/mol. The van der Waals surface area contributed by atoms with Gasteiger partial charge in [-0.2, -0.15) is 5.26 Å². The molecule has 0 unspecified atom stereocenters. The number of hydrogen-bond acceptors (Lipinski definition) is 7. The number of nitriles is 1. The van der Waals surface area contributed by atoms with Gasteiger partial charge in [-0.25, -0.2) is 4.79 Å². The van der Waals surface area contributed by atoms with E-state index in [1.165, 1.54) is 7.11 Å². The maximum atomic E-state index is 13.0. The van der Waals surface area contributed by atoms with Crippen LogP contribution in [0, 0.1) is 11.3 Å². The van der Waals surface area contributed by atoms with Gasteiger partial charge in [-0.1, -0.05) is 48.5 Å². The zero-order valence-electron chi connectivity index (χ0n) is 18.3. The van der Waals surface area contributed by atoms with Crippen molar-refractivity contribution in [3.63, 3.8) is 0 Å². The Hall–Kier alpha value is -4.70. The Morgan fingerprint density at radius 3 is 2.56 bits per heavy atom. The lowest BCUT2D eigenvalue weighted by Crippen LogP contribution is -2.26. The summed E-state index contributed by atoms with van der Waals surface area (Å²) < 4.78 is 22.8. The van der Waals surface area contributed by atoms with E-state index in [0.717, 1.165) is 5.56 Å². The molecule has 168 valence electrons. The highest BCUT2D eigenvalue weighted by atomic mass is 16.5. The molecule has 0 amide bonds. The van der Waals surface area contributed by atoms with Gasteiger partial charge in [-0.3, -0.25) is 0 Å². The van der Waals surface area contributed by atoms with Crippen LogP contribution in [0.2, 0.25) is 0 Å². The zero-order valence-corrected chi connectivity index (χ0v) is 18.3. The standard InChI is InChI=1S/C27H20N2O5/c1-31-22-13-17(11-12-21(22)32-15-16-7-3-2-4-8-16)23-19(14-28)26(29)34-25-18-9-5-6-10-20(18)33-27(30)24(23)25/h2-13,23H,15,29H2,1H3/t23-/m1/s1. The lowest BCUT2D eigenvalue weighted by Gasteiger charge is -2.26. The van der Waals surface area contributed by atoms with Crippen molar-refractivity contribution in [2.24, 2.45) is 5.73 Å². The van der Waals surface area contributed by atoms with E-state index in [9.17, 15) is 10.1 Å². The monoisotopic (exact) mass is 452 g/mol. The van der Waals surface area contributed by atoms with Gasteiger partial charge in [0.15, 0.2) is 17.2 Å². The Balaban J connectivity index is 1.61. The molecule has 1 aromatic heterocycles. The minimum absolute atomic E-state index is 0.0564. The molecule has 2 N–H and O–H groups in total. The second-order valence-corrected chi connectivity index (χ2v) is 7.74. The van der Waals surface area contributed by atoms with Crippen LogP contribution in [-0.2, 0) is 6.61 Å². The largest absolute Gasteiger partial charge is 0.493 e. The molecule has 0 saturated carbocycles. The van der Waals surface area contributed by atoms with Gasteiger partial charge in [0, 0.05) is 0 Å². The SMILES string of the molecule is COc1cc([C@@H]2C(C#N)=C(N)Oc3c2c(=O)oc2ccccc32)ccc1OCc1ccccc1. The van der Waals surface area contributed by atoms with Gasteiger partial charge in [0.05, 0.1) is 24.0 Å². The molecular formula is C27H20N2O5. The maximum absolute atomic E-state index is 13.0. The summed E-state index contributed by atoms with van der Waals surface area (Å²) in [5, 5.41) is 10.5. The predicted molar refractivity (Wildman–Crippen MR) is 126 cm³/mol. The molecule has 1 aliphatic heterocycles. The molecule has 0 saturated heterocycles. The van der Waals surface area contributed by atoms with Crippen LogP contribution in [0.1, 0.15) is 22.6 Å². The highest BCUT2D eigenvalue weighted by molar-refractivity contribution is 5.86. The molecule has 1 atom stereocenters. The van der Waals surface area contributed by atoms with Gasteiger partial charge in [0.2, 0.25) is 5.88 Å². The second-order valence-electron chi connectivity index (χ2n) is 7.74. The fraction of sp³-hybridized carbons (Fsp3) is 0.111. The zero-order chi connectivity index (χ0) is 23.7. The second kappa shape index (κ2) is 8.68. The lowest BCUT2D eigenvalue weighted by atomic mass is 9.83. The fourth-order valence-corrected chi connectivity index (χ4v) is 4.12. The van der Waals surface area contributed by atoms with Gasteiger partial charge in [0.25, 0.3) is 0 Å². The highest BCUT2D eigenvalue weighted by Gasteiger charge is 2.35. The molecule has 2 heterocycles. The fourth-order valence-electron chi connectivity index (χ4n) is 4.12. The van der Waals surface area contributed by atoms with Crippen molar-refractivity contribution < 1.29 is 18.6 Å². The number of nitrogens with zero attached hydrogens (tertiary/aromatic N) is 1. The first-order chi connectivity index (χ1) is 16.6. The summed E-state index contributed by atoms with van der Waals surface area (Å²) in [5.74, 6) is 0.438. The number of rotatable bonds is 5. The van der Waals surface area contributed by atoms with Gasteiger partial charge < -0.3 is 24.4 Å². The molecule has 0 bridgehead atoms. The van der Waals surface area contributed by atoms with Crippen LogP contribution in [-0.4, -0.2) is 7.11 Å². The molecule has 0 radical (unpaired) electrons. The number of methoxy groups -OCH3 is 1. The molecule has 0 aliphatic carbocycles. The number of para-hydroxylation sites is 1. The van der Waals surface area contributed by atoms with E-state index in [1.807, 2.05) is 36.4 Å². The summed E-state index contributed by atoms with van der Waals surface area (Å²) in [6.45, 7) is 0.364. The normalized spacial score (nSPS) is 14.8. The maximum Gasteiger partial charge on any atom is 0.344 e. The first kappa shape index (κ1) is 21.2. The van der Waals surface area contributed by atoms with E-state index in [0.29, 0.717) is 34.6 Å². The van der Waals surface area contributed by atoms with Crippen molar-refractivity contribution in [3.05, 3.63) is 111 Å². The van der Waals surface area contributed by atoms with E-state index >= 15 is 0 Å². The summed E-state index contributed by atoms with van der Waals surface area (Å²) in [5.41, 5.74) is 7.88.